The topological polar surface area (TPSA) is 83.5 Å². The van der Waals surface area contributed by atoms with E-state index < -0.39 is 27.1 Å². The molecular weight excluding hydrogens is 218 g/mol. The summed E-state index contributed by atoms with van der Waals surface area (Å²) in [6.07, 6.45) is 0. The number of ketones is 1. The second-order valence-electron chi connectivity index (χ2n) is 4.12. The highest BCUT2D eigenvalue weighted by Crippen LogP contribution is 2.07. The fourth-order valence-corrected chi connectivity index (χ4v) is 1.94. The van der Waals surface area contributed by atoms with Crippen molar-refractivity contribution in [3.8, 4) is 0 Å². The van der Waals surface area contributed by atoms with Gasteiger partial charge in [-0.2, -0.15) is 8.42 Å². The highest BCUT2D eigenvalue weighted by Gasteiger charge is 2.32. The van der Waals surface area contributed by atoms with Crippen molar-refractivity contribution < 1.29 is 17.8 Å². The molecule has 0 saturated carbocycles. The first-order chi connectivity index (χ1) is 6.66. The maximum Gasteiger partial charge on any atom is 0.276 e. The summed E-state index contributed by atoms with van der Waals surface area (Å²) in [5, 5.41) is 1.47. The van der Waals surface area contributed by atoms with E-state index in [1.807, 2.05) is 13.8 Å². The fourth-order valence-electron chi connectivity index (χ4n) is 1.07. The van der Waals surface area contributed by atoms with Crippen molar-refractivity contribution in [1.29, 1.82) is 0 Å². The molecule has 5 nitrogen and oxygen atoms in total. The Kier molecular flexibility index (Phi) is 5.41. The first kappa shape index (κ1) is 14.5. The third-order valence-corrected chi connectivity index (χ3v) is 3.08. The van der Waals surface area contributed by atoms with Gasteiger partial charge in [0.1, 0.15) is 0 Å². The van der Waals surface area contributed by atoms with E-state index in [1.54, 1.807) is 13.8 Å². The molecule has 2 N–H and O–H groups in total. The van der Waals surface area contributed by atoms with Crippen LogP contribution in [-0.4, -0.2) is 36.6 Å². The van der Waals surface area contributed by atoms with E-state index in [9.17, 15) is 13.2 Å². The summed E-state index contributed by atoms with van der Waals surface area (Å²) in [7, 11) is -4.32. The predicted octanol–water partition coefficient (Wildman–Crippen LogP) is 0.466. The normalized spacial score (nSPS) is 14.6. The molecule has 6 heteroatoms. The van der Waals surface area contributed by atoms with Crippen molar-refractivity contribution in [2.75, 3.05) is 6.54 Å². The Hall–Kier alpha value is -0.460. The lowest BCUT2D eigenvalue weighted by molar-refractivity contribution is -0.121. The van der Waals surface area contributed by atoms with Gasteiger partial charge in [0.05, 0.1) is 0 Å². The van der Waals surface area contributed by atoms with Gasteiger partial charge in [0.2, 0.25) is 0 Å². The van der Waals surface area contributed by atoms with E-state index in [0.29, 0.717) is 0 Å². The lowest BCUT2D eigenvalue weighted by atomic mass is 10.1. The monoisotopic (exact) mass is 237 g/mol. The summed E-state index contributed by atoms with van der Waals surface area (Å²) in [6.45, 7) is 6.83. The van der Waals surface area contributed by atoms with E-state index in [0.717, 1.165) is 0 Å². The van der Waals surface area contributed by atoms with Crippen LogP contribution >= 0.6 is 0 Å². The van der Waals surface area contributed by atoms with E-state index in [2.05, 4.69) is 5.32 Å². The average Bonchev–Trinajstić information content (AvgIpc) is 2.00. The number of Topliss-reactive ketones (excluding diaryl/α,β-unsaturated/α-hetero) is 1. The van der Waals surface area contributed by atoms with E-state index in [1.165, 1.54) is 0 Å². The molecule has 0 rings (SSSR count). The van der Waals surface area contributed by atoms with Crippen molar-refractivity contribution in [3.63, 3.8) is 0 Å². The van der Waals surface area contributed by atoms with Gasteiger partial charge in [-0.15, -0.1) is 0 Å². The highest BCUT2D eigenvalue weighted by atomic mass is 32.2. The Balaban J connectivity index is 4.69. The molecule has 0 aromatic heterocycles. The lowest BCUT2D eigenvalue weighted by Crippen LogP contribution is -2.43. The van der Waals surface area contributed by atoms with Crippen LogP contribution in [0.1, 0.15) is 27.7 Å². The van der Waals surface area contributed by atoms with Gasteiger partial charge in [0.25, 0.3) is 10.1 Å². The van der Waals surface area contributed by atoms with Crippen LogP contribution in [0.15, 0.2) is 0 Å². The van der Waals surface area contributed by atoms with E-state index in [4.69, 9.17) is 4.55 Å². The van der Waals surface area contributed by atoms with Gasteiger partial charge in [-0.25, -0.2) is 0 Å². The third-order valence-electron chi connectivity index (χ3n) is 1.96. The molecule has 0 amide bonds. The van der Waals surface area contributed by atoms with Crippen molar-refractivity contribution in [1.82, 2.24) is 5.32 Å². The van der Waals surface area contributed by atoms with E-state index >= 15 is 0 Å². The Labute approximate surface area is 91.0 Å². The molecule has 0 fully saturated rings. The number of carbonyl (C=O) groups excluding carboxylic acids is 1. The van der Waals surface area contributed by atoms with Crippen LogP contribution in [0.3, 0.4) is 0 Å². The number of nitrogens with one attached hydrogen (secondary N) is 1. The maximum absolute atomic E-state index is 11.5. The zero-order chi connectivity index (χ0) is 12.2. The second kappa shape index (κ2) is 5.58. The number of carbonyl (C=O) groups is 1. The molecule has 0 saturated heterocycles. The smallest absolute Gasteiger partial charge is 0.276 e. The Morgan fingerprint density at radius 2 is 1.73 bits per heavy atom. The third kappa shape index (κ3) is 5.25. The van der Waals surface area contributed by atoms with Crippen molar-refractivity contribution in [3.05, 3.63) is 0 Å². The zero-order valence-electron chi connectivity index (χ0n) is 9.52. The summed E-state index contributed by atoms with van der Waals surface area (Å²) in [5.74, 6) is -0.878. The average molecular weight is 237 g/mol. The highest BCUT2D eigenvalue weighted by molar-refractivity contribution is 7.87. The number of hydrogen-bond acceptors (Lipinski definition) is 4. The summed E-state index contributed by atoms with van der Waals surface area (Å²) in [6, 6.07) is 0.0641. The SMILES string of the molecule is CC(C)NCC(C(=O)C(C)C)S(=O)(=O)O. The van der Waals surface area contributed by atoms with Gasteiger partial charge in [-0.05, 0) is 0 Å². The molecule has 0 radical (unpaired) electrons. The molecule has 1 unspecified atom stereocenters. The minimum absolute atomic E-state index is 0.0481. The second-order valence-corrected chi connectivity index (χ2v) is 5.72. The Morgan fingerprint density at radius 3 is 2.00 bits per heavy atom. The standard InChI is InChI=1S/C9H19NO4S/c1-6(2)9(11)8(15(12,13)14)5-10-7(3)4/h6-8,10H,5H2,1-4H3,(H,12,13,14). The molecule has 0 aliphatic rings. The largest absolute Gasteiger partial charge is 0.313 e. The lowest BCUT2D eigenvalue weighted by Gasteiger charge is -2.17. The molecule has 0 aromatic rings. The van der Waals surface area contributed by atoms with Gasteiger partial charge < -0.3 is 5.32 Å². The van der Waals surface area contributed by atoms with Crippen LogP contribution in [0.4, 0.5) is 0 Å². The zero-order valence-corrected chi connectivity index (χ0v) is 10.3. The van der Waals surface area contributed by atoms with Crippen LogP contribution < -0.4 is 5.32 Å². The van der Waals surface area contributed by atoms with Crippen LogP contribution in [0.25, 0.3) is 0 Å². The molecule has 15 heavy (non-hydrogen) atoms. The minimum atomic E-state index is -4.32. The quantitative estimate of drug-likeness (QED) is 0.656. The molecule has 1 atom stereocenters. The van der Waals surface area contributed by atoms with Crippen LogP contribution in [0.5, 0.6) is 0 Å². The Morgan fingerprint density at radius 1 is 1.27 bits per heavy atom. The van der Waals surface area contributed by atoms with E-state index in [-0.39, 0.29) is 12.6 Å². The van der Waals surface area contributed by atoms with Crippen LogP contribution in [-0.2, 0) is 14.9 Å². The number of rotatable bonds is 6. The summed E-state index contributed by atoms with van der Waals surface area (Å²) in [5.41, 5.74) is 0. The van der Waals surface area contributed by atoms with Gasteiger partial charge >= 0.3 is 0 Å². The summed E-state index contributed by atoms with van der Waals surface area (Å²) in [4.78, 5) is 11.5. The maximum atomic E-state index is 11.5. The van der Waals surface area contributed by atoms with Gasteiger partial charge in [-0.3, -0.25) is 9.35 Å². The van der Waals surface area contributed by atoms with Crippen LogP contribution in [0, 0.1) is 5.92 Å². The number of hydrogen-bond donors (Lipinski definition) is 2. The summed E-state index contributed by atoms with van der Waals surface area (Å²) >= 11 is 0. The van der Waals surface area contributed by atoms with Crippen molar-refractivity contribution in [2.45, 2.75) is 39.0 Å². The molecule has 0 aliphatic heterocycles. The molecule has 0 heterocycles. The fraction of sp³-hybridized carbons (Fsp3) is 0.889. The van der Waals surface area contributed by atoms with Gasteiger partial charge in [0.15, 0.2) is 11.0 Å². The minimum Gasteiger partial charge on any atom is -0.313 e. The summed E-state index contributed by atoms with van der Waals surface area (Å²) < 4.78 is 30.9. The molecule has 0 spiro atoms. The predicted molar refractivity (Wildman–Crippen MR) is 58.3 cm³/mol. The molecular formula is C9H19NO4S. The van der Waals surface area contributed by atoms with Crippen molar-refractivity contribution in [2.24, 2.45) is 5.92 Å². The molecule has 0 aromatic carbocycles. The van der Waals surface area contributed by atoms with Crippen molar-refractivity contribution >= 4 is 15.9 Å². The van der Waals surface area contributed by atoms with Gasteiger partial charge in [0, 0.05) is 18.5 Å². The molecule has 90 valence electrons. The first-order valence-corrected chi connectivity index (χ1v) is 6.40. The van der Waals surface area contributed by atoms with Gasteiger partial charge in [-0.1, -0.05) is 27.7 Å². The van der Waals surface area contributed by atoms with Crippen LogP contribution in [0.2, 0.25) is 0 Å². The molecule has 0 aliphatic carbocycles. The Bertz CT molecular complexity index is 308. The first-order valence-electron chi connectivity index (χ1n) is 4.89. The molecule has 0 bridgehead atoms.